The molecule has 0 aliphatic rings. The Hall–Kier alpha value is -0.241. The zero-order chi connectivity index (χ0) is 23.0. The number of nitrogens with two attached hydrogens (primary N) is 11. The molecule has 0 saturated heterocycles. The number of hydrogen-bond acceptors (Lipinski definition) is 6. The SMILES string of the molecule is NC(=S)N(Cl)Cl.NC(N)=S.NC(N)=S.NC(N)=S.NC(N)=S.NC(N)=S.[Cu].[Cu]. The van der Waals surface area contributed by atoms with Crippen LogP contribution in [0.2, 0.25) is 0 Å². The Morgan fingerprint density at radius 1 is 0.429 bits per heavy atom. The van der Waals surface area contributed by atoms with Gasteiger partial charge in [-0.05, 0) is 73.3 Å². The molecular weight excluding hydrogens is 631 g/mol. The third kappa shape index (κ3) is 1120. The van der Waals surface area contributed by atoms with Crippen LogP contribution in [0, 0.1) is 0 Å². The monoisotopic (exact) mass is 650 g/mol. The Morgan fingerprint density at radius 2 is 0.464 bits per heavy atom. The van der Waals surface area contributed by atoms with E-state index in [4.69, 9.17) is 29.3 Å². The standard InChI is InChI=1S/CH2Cl2N2S.5CH4N2S.2Cu/c2-5(3)1(4)6;5*2-1(3)4;;/h(H2,4,6);5*(H4,2,3,4);;. The fraction of sp³-hybridized carbons (Fsp3) is 0. The Kier molecular flexibility index (Phi) is 74.9. The van der Waals surface area contributed by atoms with Gasteiger partial charge in [0.05, 0.1) is 0 Å². The van der Waals surface area contributed by atoms with Crippen LogP contribution < -0.4 is 63.1 Å². The third-order valence-corrected chi connectivity index (χ3v) is 0.914. The van der Waals surface area contributed by atoms with Gasteiger partial charge >= 0.3 is 0 Å². The maximum atomic E-state index is 4.95. The Balaban J connectivity index is -0.0000000284. The van der Waals surface area contributed by atoms with Crippen LogP contribution in [-0.4, -0.2) is 34.6 Å². The smallest absolute Gasteiger partial charge is 0.197 e. The fourth-order valence-corrected chi connectivity index (χ4v) is 0. The van der Waals surface area contributed by atoms with Crippen LogP contribution in [0.1, 0.15) is 0 Å². The van der Waals surface area contributed by atoms with Crippen molar-refractivity contribution in [3.05, 3.63) is 0 Å². The van der Waals surface area contributed by atoms with Crippen molar-refractivity contribution in [2.24, 2.45) is 63.1 Å². The second-order valence-electron chi connectivity index (χ2n) is 2.58. The molecule has 0 amide bonds. The summed E-state index contributed by atoms with van der Waals surface area (Å²) in [5.74, 6) is 0. The Morgan fingerprint density at radius 3 is 0.464 bits per heavy atom. The predicted octanol–water partition coefficient (Wildman–Crippen LogP) is -3.22. The van der Waals surface area contributed by atoms with Gasteiger partial charge in [-0.1, -0.05) is 0 Å². The summed E-state index contributed by atoms with van der Waals surface area (Å²) in [6.07, 6.45) is 0. The van der Waals surface area contributed by atoms with Crippen LogP contribution in [-0.2, 0) is 34.1 Å². The molecule has 0 rings (SSSR count). The first-order chi connectivity index (χ1) is 11.3. The van der Waals surface area contributed by atoms with Crippen molar-refractivity contribution in [2.45, 2.75) is 0 Å². The predicted molar refractivity (Wildman–Crippen MR) is 135 cm³/mol. The number of rotatable bonds is 0. The largest absolute Gasteiger partial charge is 0.377 e. The van der Waals surface area contributed by atoms with E-state index in [1.165, 1.54) is 0 Å². The summed E-state index contributed by atoms with van der Waals surface area (Å²) in [6.45, 7) is 0. The summed E-state index contributed by atoms with van der Waals surface area (Å²) >= 11 is 34.6. The van der Waals surface area contributed by atoms with E-state index in [9.17, 15) is 0 Å². The topological polar surface area (TPSA) is 289 Å². The minimum Gasteiger partial charge on any atom is -0.377 e. The Bertz CT molecular complexity index is 353. The van der Waals surface area contributed by atoms with E-state index < -0.39 is 0 Å². The number of nitrogens with zero attached hydrogens (tertiary/aromatic N) is 1. The van der Waals surface area contributed by atoms with E-state index in [1.807, 2.05) is 0 Å². The van der Waals surface area contributed by atoms with Crippen molar-refractivity contribution >= 4 is 128 Å². The maximum Gasteiger partial charge on any atom is 0.197 e. The first kappa shape index (κ1) is 50.9. The van der Waals surface area contributed by atoms with Gasteiger partial charge in [-0.3, -0.25) is 0 Å². The van der Waals surface area contributed by atoms with Gasteiger partial charge in [0.15, 0.2) is 30.7 Å². The van der Waals surface area contributed by atoms with Gasteiger partial charge in [0.1, 0.15) is 0 Å². The van der Waals surface area contributed by atoms with Crippen LogP contribution >= 0.6 is 96.9 Å². The van der Waals surface area contributed by atoms with Crippen molar-refractivity contribution in [2.75, 3.05) is 0 Å². The van der Waals surface area contributed by atoms with Gasteiger partial charge in [-0.2, -0.15) is 3.94 Å². The second kappa shape index (κ2) is 41.2. The first-order valence-corrected chi connectivity index (χ1v) is 8.09. The van der Waals surface area contributed by atoms with Gasteiger partial charge < -0.3 is 63.1 Å². The number of thiocarbonyl (C=S) groups is 6. The van der Waals surface area contributed by atoms with Crippen molar-refractivity contribution < 1.29 is 34.1 Å². The molecule has 0 aliphatic heterocycles. The molecule has 0 bridgehead atoms. The molecule has 2 radical (unpaired) electrons. The molecular formula is C6H22Cl2Cu2N12S6. The van der Waals surface area contributed by atoms with E-state index in [0.717, 1.165) is 0 Å². The molecule has 28 heavy (non-hydrogen) atoms. The zero-order valence-electron chi connectivity index (χ0n) is 13.6. The second-order valence-corrected chi connectivity index (χ2v) is 6.21. The summed E-state index contributed by atoms with van der Waals surface area (Å²) < 4.78 is 0.620. The Labute approximate surface area is 226 Å². The van der Waals surface area contributed by atoms with Crippen LogP contribution in [0.25, 0.3) is 0 Å². The fourth-order valence-electron chi connectivity index (χ4n) is 0. The number of halogens is 2. The van der Waals surface area contributed by atoms with Crippen LogP contribution in [0.4, 0.5) is 0 Å². The molecule has 0 unspecified atom stereocenters. The normalized spacial score (nSPS) is 5.93. The third-order valence-electron chi connectivity index (χ3n) is 0.167. The molecule has 22 heteroatoms. The molecule has 0 aliphatic carbocycles. The van der Waals surface area contributed by atoms with Crippen LogP contribution in [0.15, 0.2) is 0 Å². The van der Waals surface area contributed by atoms with E-state index in [-0.39, 0.29) is 64.8 Å². The molecule has 178 valence electrons. The summed E-state index contributed by atoms with van der Waals surface area (Å²) in [7, 11) is 0. The summed E-state index contributed by atoms with van der Waals surface area (Å²) in [5, 5.41) is -0.0432. The first-order valence-electron chi connectivity index (χ1n) is 4.96. The van der Waals surface area contributed by atoms with Crippen LogP contribution in [0.3, 0.4) is 0 Å². The molecule has 12 nitrogen and oxygen atoms in total. The van der Waals surface area contributed by atoms with E-state index in [1.54, 1.807) is 0 Å². The van der Waals surface area contributed by atoms with Gasteiger partial charge in [0.2, 0.25) is 0 Å². The van der Waals surface area contributed by atoms with Crippen molar-refractivity contribution in [1.29, 1.82) is 0 Å². The van der Waals surface area contributed by atoms with Gasteiger partial charge in [0.25, 0.3) is 0 Å². The van der Waals surface area contributed by atoms with E-state index in [2.05, 4.69) is 131 Å². The van der Waals surface area contributed by atoms with Crippen LogP contribution in [0.5, 0.6) is 0 Å². The average molecular weight is 653 g/mol. The minimum atomic E-state index is -0.0432. The number of hydrogen-bond donors (Lipinski definition) is 11. The minimum absolute atomic E-state index is 0. The summed E-state index contributed by atoms with van der Waals surface area (Å²) in [6, 6.07) is 0. The quantitative estimate of drug-likeness (QED) is 0.0697. The van der Waals surface area contributed by atoms with E-state index >= 15 is 0 Å². The average Bonchev–Trinajstić information content (AvgIpc) is 2.23. The van der Waals surface area contributed by atoms with Gasteiger partial charge in [-0.25, -0.2) is 0 Å². The molecule has 0 fully saturated rings. The molecule has 0 atom stereocenters. The summed E-state index contributed by atoms with van der Waals surface area (Å²) in [5.41, 5.74) is 51.0. The van der Waals surface area contributed by atoms with Gasteiger partial charge in [-0.15, -0.1) is 0 Å². The molecule has 22 N–H and O–H groups in total. The summed E-state index contributed by atoms with van der Waals surface area (Å²) in [4.78, 5) is 0. The zero-order valence-corrected chi connectivity index (χ0v) is 21.9. The maximum absolute atomic E-state index is 4.95. The molecule has 0 aromatic heterocycles. The van der Waals surface area contributed by atoms with E-state index in [0.29, 0.717) is 3.94 Å². The van der Waals surface area contributed by atoms with Gasteiger partial charge in [0, 0.05) is 57.7 Å². The molecule has 0 spiro atoms. The van der Waals surface area contributed by atoms with Crippen molar-refractivity contribution in [3.8, 4) is 0 Å². The molecule has 0 heterocycles. The molecule has 0 aromatic rings. The molecule has 0 aromatic carbocycles. The van der Waals surface area contributed by atoms with Crippen molar-refractivity contribution in [1.82, 2.24) is 3.94 Å². The van der Waals surface area contributed by atoms with Crippen molar-refractivity contribution in [3.63, 3.8) is 0 Å². The molecule has 0 saturated carbocycles.